The molecular weight excluding hydrogens is 252 g/mol. The van der Waals surface area contributed by atoms with E-state index < -0.39 is 11.6 Å². The fourth-order valence-electron chi connectivity index (χ4n) is 2.60. The number of rotatable bonds is 2. The highest BCUT2D eigenvalue weighted by molar-refractivity contribution is 5.83. The number of carbonyl (C=O) groups excluding carboxylic acids is 1. The van der Waals surface area contributed by atoms with E-state index in [1.165, 1.54) is 0 Å². The number of aryl methyl sites for hydroxylation is 1. The van der Waals surface area contributed by atoms with Crippen LogP contribution in [0.2, 0.25) is 0 Å². The summed E-state index contributed by atoms with van der Waals surface area (Å²) >= 11 is 0. The minimum Gasteiger partial charge on any atom is -0.390 e. The lowest BCUT2D eigenvalue weighted by atomic mass is 9.98. The SMILES string of the molecule is Cc1ccc(C(N)C(=O)N2CCCC(C)(O)CC2)cc1. The molecule has 2 rings (SSSR count). The van der Waals surface area contributed by atoms with Crippen molar-refractivity contribution in [3.05, 3.63) is 35.4 Å². The lowest BCUT2D eigenvalue weighted by Crippen LogP contribution is -2.39. The first-order valence-electron chi connectivity index (χ1n) is 7.22. The monoisotopic (exact) mass is 276 g/mol. The van der Waals surface area contributed by atoms with E-state index in [2.05, 4.69) is 0 Å². The molecule has 4 nitrogen and oxygen atoms in total. The van der Waals surface area contributed by atoms with Crippen molar-refractivity contribution in [3.63, 3.8) is 0 Å². The standard InChI is InChI=1S/C16H24N2O2/c1-12-4-6-13(7-5-12)14(17)15(19)18-10-3-8-16(2,20)9-11-18/h4-7,14,20H,3,8-11,17H2,1-2H3. The molecule has 1 aromatic rings. The van der Waals surface area contributed by atoms with Gasteiger partial charge in [-0.1, -0.05) is 29.8 Å². The molecule has 1 heterocycles. The molecule has 2 unspecified atom stereocenters. The zero-order valence-electron chi connectivity index (χ0n) is 12.3. The Balaban J connectivity index is 2.05. The zero-order valence-corrected chi connectivity index (χ0v) is 12.3. The summed E-state index contributed by atoms with van der Waals surface area (Å²) < 4.78 is 0. The second kappa shape index (κ2) is 5.94. The van der Waals surface area contributed by atoms with Gasteiger partial charge in [0.25, 0.3) is 0 Å². The second-order valence-corrected chi connectivity index (χ2v) is 6.06. The van der Waals surface area contributed by atoms with Gasteiger partial charge in [-0.2, -0.15) is 0 Å². The number of nitrogens with two attached hydrogens (primary N) is 1. The predicted molar refractivity (Wildman–Crippen MR) is 79.2 cm³/mol. The third kappa shape index (κ3) is 3.58. The molecule has 0 aliphatic carbocycles. The molecule has 1 aliphatic heterocycles. The first-order chi connectivity index (χ1) is 9.39. The molecule has 1 aromatic carbocycles. The lowest BCUT2D eigenvalue weighted by molar-refractivity contribution is -0.132. The molecule has 0 bridgehead atoms. The topological polar surface area (TPSA) is 66.6 Å². The molecule has 110 valence electrons. The Kier molecular flexibility index (Phi) is 4.45. The Bertz CT molecular complexity index is 468. The van der Waals surface area contributed by atoms with Crippen LogP contribution in [0.25, 0.3) is 0 Å². The van der Waals surface area contributed by atoms with Gasteiger partial charge in [0.05, 0.1) is 5.60 Å². The highest BCUT2D eigenvalue weighted by Gasteiger charge is 2.29. The number of hydrogen-bond donors (Lipinski definition) is 2. The van der Waals surface area contributed by atoms with Crippen molar-refractivity contribution >= 4 is 5.91 Å². The Morgan fingerprint density at radius 3 is 2.60 bits per heavy atom. The molecule has 1 saturated heterocycles. The minimum absolute atomic E-state index is 0.0495. The Hall–Kier alpha value is -1.39. The van der Waals surface area contributed by atoms with Crippen molar-refractivity contribution in [2.45, 2.75) is 44.8 Å². The van der Waals surface area contributed by atoms with Gasteiger partial charge in [-0.25, -0.2) is 0 Å². The van der Waals surface area contributed by atoms with Gasteiger partial charge in [0.2, 0.25) is 5.91 Å². The number of nitrogens with zero attached hydrogens (tertiary/aromatic N) is 1. The summed E-state index contributed by atoms with van der Waals surface area (Å²) in [5, 5.41) is 10.1. The highest BCUT2D eigenvalue weighted by atomic mass is 16.3. The number of likely N-dealkylation sites (tertiary alicyclic amines) is 1. The molecule has 0 spiro atoms. The Morgan fingerprint density at radius 2 is 1.95 bits per heavy atom. The third-order valence-corrected chi connectivity index (χ3v) is 4.08. The average Bonchev–Trinajstić information content (AvgIpc) is 2.59. The van der Waals surface area contributed by atoms with Gasteiger partial charge in [0.1, 0.15) is 6.04 Å². The Labute approximate surface area is 120 Å². The van der Waals surface area contributed by atoms with Crippen LogP contribution in [0, 0.1) is 6.92 Å². The molecule has 0 aromatic heterocycles. The summed E-state index contributed by atoms with van der Waals surface area (Å²) in [5.41, 5.74) is 7.42. The molecule has 3 N–H and O–H groups in total. The van der Waals surface area contributed by atoms with Gasteiger partial charge >= 0.3 is 0 Å². The van der Waals surface area contributed by atoms with Crippen molar-refractivity contribution in [1.29, 1.82) is 0 Å². The summed E-state index contributed by atoms with van der Waals surface area (Å²) in [7, 11) is 0. The van der Waals surface area contributed by atoms with Crippen LogP contribution < -0.4 is 5.73 Å². The van der Waals surface area contributed by atoms with Crippen LogP contribution in [0.15, 0.2) is 24.3 Å². The average molecular weight is 276 g/mol. The van der Waals surface area contributed by atoms with E-state index >= 15 is 0 Å². The minimum atomic E-state index is -0.664. The normalized spacial score (nSPS) is 25.1. The van der Waals surface area contributed by atoms with Gasteiger partial charge in [0.15, 0.2) is 0 Å². The van der Waals surface area contributed by atoms with E-state index in [0.29, 0.717) is 19.5 Å². The van der Waals surface area contributed by atoms with Crippen molar-refractivity contribution in [3.8, 4) is 0 Å². The van der Waals surface area contributed by atoms with E-state index in [-0.39, 0.29) is 5.91 Å². The molecule has 1 fully saturated rings. The molecular formula is C16H24N2O2. The summed E-state index contributed by atoms with van der Waals surface area (Å²) in [5.74, 6) is -0.0495. The largest absolute Gasteiger partial charge is 0.390 e. The van der Waals surface area contributed by atoms with Crippen molar-refractivity contribution in [1.82, 2.24) is 4.90 Å². The van der Waals surface area contributed by atoms with Crippen molar-refractivity contribution in [2.75, 3.05) is 13.1 Å². The summed E-state index contributed by atoms with van der Waals surface area (Å²) in [6.45, 7) is 5.09. The van der Waals surface area contributed by atoms with Crippen LogP contribution in [0.4, 0.5) is 0 Å². The van der Waals surface area contributed by atoms with E-state index in [9.17, 15) is 9.90 Å². The molecule has 20 heavy (non-hydrogen) atoms. The van der Waals surface area contributed by atoms with Crippen molar-refractivity contribution < 1.29 is 9.90 Å². The van der Waals surface area contributed by atoms with Crippen LogP contribution >= 0.6 is 0 Å². The van der Waals surface area contributed by atoms with E-state index in [1.54, 1.807) is 4.90 Å². The first kappa shape index (κ1) is 15.0. The van der Waals surface area contributed by atoms with E-state index in [4.69, 9.17) is 5.73 Å². The van der Waals surface area contributed by atoms with Crippen LogP contribution in [0.5, 0.6) is 0 Å². The van der Waals surface area contributed by atoms with Gasteiger partial charge < -0.3 is 15.7 Å². The van der Waals surface area contributed by atoms with Gasteiger partial charge in [-0.15, -0.1) is 0 Å². The maximum atomic E-state index is 12.5. The van der Waals surface area contributed by atoms with Crippen LogP contribution in [0.3, 0.4) is 0 Å². The number of hydrogen-bond acceptors (Lipinski definition) is 3. The molecule has 0 saturated carbocycles. The molecule has 0 radical (unpaired) electrons. The maximum Gasteiger partial charge on any atom is 0.244 e. The zero-order chi connectivity index (χ0) is 14.8. The fourth-order valence-corrected chi connectivity index (χ4v) is 2.60. The van der Waals surface area contributed by atoms with Crippen molar-refractivity contribution in [2.24, 2.45) is 5.73 Å². The summed E-state index contributed by atoms with van der Waals surface area (Å²) in [4.78, 5) is 14.3. The van der Waals surface area contributed by atoms with E-state index in [0.717, 1.165) is 24.0 Å². The second-order valence-electron chi connectivity index (χ2n) is 6.06. The summed E-state index contributed by atoms with van der Waals surface area (Å²) in [6.07, 6.45) is 2.16. The Morgan fingerprint density at radius 1 is 1.30 bits per heavy atom. The third-order valence-electron chi connectivity index (χ3n) is 4.08. The van der Waals surface area contributed by atoms with Crippen LogP contribution in [0.1, 0.15) is 43.4 Å². The highest BCUT2D eigenvalue weighted by Crippen LogP contribution is 2.23. The molecule has 4 heteroatoms. The van der Waals surface area contributed by atoms with Gasteiger partial charge in [-0.05, 0) is 38.7 Å². The predicted octanol–water partition coefficient (Wildman–Crippen LogP) is 1.76. The molecule has 2 atom stereocenters. The van der Waals surface area contributed by atoms with Gasteiger partial charge in [-0.3, -0.25) is 4.79 Å². The smallest absolute Gasteiger partial charge is 0.244 e. The van der Waals surface area contributed by atoms with E-state index in [1.807, 2.05) is 38.1 Å². The number of carbonyl (C=O) groups is 1. The fraction of sp³-hybridized carbons (Fsp3) is 0.562. The molecule has 1 amide bonds. The number of benzene rings is 1. The van der Waals surface area contributed by atoms with Crippen LogP contribution in [-0.4, -0.2) is 34.6 Å². The number of aliphatic hydroxyl groups is 1. The number of amides is 1. The van der Waals surface area contributed by atoms with Gasteiger partial charge in [0, 0.05) is 13.1 Å². The maximum absolute atomic E-state index is 12.5. The lowest BCUT2D eigenvalue weighted by Gasteiger charge is -2.25. The van der Waals surface area contributed by atoms with Crippen LogP contribution in [-0.2, 0) is 4.79 Å². The summed E-state index contributed by atoms with van der Waals surface area (Å²) in [6, 6.07) is 7.14. The first-order valence-corrected chi connectivity index (χ1v) is 7.22. The molecule has 1 aliphatic rings. The quantitative estimate of drug-likeness (QED) is 0.865.